The van der Waals surface area contributed by atoms with Gasteiger partial charge in [0, 0.05) is 19.8 Å². The summed E-state index contributed by atoms with van der Waals surface area (Å²) in [4.78, 5) is 0. The van der Waals surface area contributed by atoms with E-state index >= 15 is 0 Å². The number of benzene rings is 1. The molecule has 1 rings (SSSR count). The molecule has 1 N–H and O–H groups in total. The van der Waals surface area contributed by atoms with E-state index in [9.17, 15) is 4.39 Å². The maximum atomic E-state index is 13.3. The van der Waals surface area contributed by atoms with Gasteiger partial charge in [0.1, 0.15) is 5.82 Å². The number of hydrogen-bond acceptors (Lipinski definition) is 2. The second kappa shape index (κ2) is 8.22. The summed E-state index contributed by atoms with van der Waals surface area (Å²) >= 11 is 0. The van der Waals surface area contributed by atoms with E-state index in [-0.39, 0.29) is 5.82 Å². The number of rotatable bonds is 8. The van der Waals surface area contributed by atoms with E-state index < -0.39 is 0 Å². The number of hydrogen-bond donors (Lipinski definition) is 1. The molecule has 102 valence electrons. The van der Waals surface area contributed by atoms with Gasteiger partial charge in [0.05, 0.1) is 0 Å². The first kappa shape index (κ1) is 15.1. The van der Waals surface area contributed by atoms with Crippen LogP contribution in [0.3, 0.4) is 0 Å². The minimum absolute atomic E-state index is 0.130. The molecule has 0 amide bonds. The van der Waals surface area contributed by atoms with Crippen molar-refractivity contribution in [2.45, 2.75) is 33.7 Å². The van der Waals surface area contributed by atoms with Crippen LogP contribution in [0, 0.1) is 18.7 Å². The molecule has 2 nitrogen and oxygen atoms in total. The molecule has 0 unspecified atom stereocenters. The molecule has 0 aliphatic carbocycles. The van der Waals surface area contributed by atoms with Crippen molar-refractivity contribution in [3.8, 4) is 0 Å². The molecule has 0 aliphatic heterocycles. The number of ether oxygens (including phenoxy) is 1. The quantitative estimate of drug-likeness (QED) is 0.718. The Balaban J connectivity index is 2.09. The summed E-state index contributed by atoms with van der Waals surface area (Å²) in [5.74, 6) is 0.461. The van der Waals surface area contributed by atoms with E-state index in [1.807, 2.05) is 12.1 Å². The molecule has 0 heterocycles. The Labute approximate surface area is 110 Å². The van der Waals surface area contributed by atoms with Crippen molar-refractivity contribution in [2.24, 2.45) is 5.92 Å². The molecule has 0 saturated heterocycles. The Kier molecular flexibility index (Phi) is 6.91. The van der Waals surface area contributed by atoms with Crippen molar-refractivity contribution < 1.29 is 9.13 Å². The molecular weight excluding hydrogens is 229 g/mol. The highest BCUT2D eigenvalue weighted by molar-refractivity contribution is 5.23. The third-order valence-electron chi connectivity index (χ3n) is 2.66. The lowest BCUT2D eigenvalue weighted by atomic mass is 10.1. The summed E-state index contributed by atoms with van der Waals surface area (Å²) < 4.78 is 18.8. The zero-order valence-corrected chi connectivity index (χ0v) is 11.6. The lowest BCUT2D eigenvalue weighted by Crippen LogP contribution is -2.17. The van der Waals surface area contributed by atoms with Crippen molar-refractivity contribution in [1.82, 2.24) is 5.32 Å². The third kappa shape index (κ3) is 6.12. The Bertz CT molecular complexity index is 352. The van der Waals surface area contributed by atoms with Gasteiger partial charge in [-0.1, -0.05) is 26.0 Å². The second-order valence-corrected chi connectivity index (χ2v) is 5.08. The molecule has 3 heteroatoms. The average molecular weight is 253 g/mol. The fraction of sp³-hybridized carbons (Fsp3) is 0.600. The predicted molar refractivity (Wildman–Crippen MR) is 73.1 cm³/mol. The lowest BCUT2D eigenvalue weighted by Gasteiger charge is -2.08. The van der Waals surface area contributed by atoms with Crippen molar-refractivity contribution in [2.75, 3.05) is 19.8 Å². The summed E-state index contributed by atoms with van der Waals surface area (Å²) in [6, 6.07) is 5.37. The molecule has 0 spiro atoms. The van der Waals surface area contributed by atoms with Crippen LogP contribution in [-0.4, -0.2) is 19.8 Å². The molecule has 0 radical (unpaired) electrons. The van der Waals surface area contributed by atoms with E-state index in [2.05, 4.69) is 19.2 Å². The van der Waals surface area contributed by atoms with Crippen LogP contribution in [-0.2, 0) is 11.3 Å². The summed E-state index contributed by atoms with van der Waals surface area (Å²) in [5.41, 5.74) is 1.68. The molecule has 0 atom stereocenters. The van der Waals surface area contributed by atoms with E-state index in [4.69, 9.17) is 4.74 Å². The normalized spacial score (nSPS) is 11.2. The fourth-order valence-corrected chi connectivity index (χ4v) is 1.60. The van der Waals surface area contributed by atoms with E-state index in [1.165, 1.54) is 0 Å². The van der Waals surface area contributed by atoms with E-state index in [0.717, 1.165) is 31.7 Å². The number of nitrogens with one attached hydrogen (secondary N) is 1. The zero-order chi connectivity index (χ0) is 13.4. The van der Waals surface area contributed by atoms with Crippen molar-refractivity contribution in [3.05, 3.63) is 35.1 Å². The van der Waals surface area contributed by atoms with Gasteiger partial charge < -0.3 is 10.1 Å². The molecule has 1 aromatic carbocycles. The van der Waals surface area contributed by atoms with Crippen LogP contribution in [0.1, 0.15) is 31.4 Å². The Hall–Kier alpha value is -0.930. The minimum atomic E-state index is -0.130. The first-order chi connectivity index (χ1) is 8.59. The summed E-state index contributed by atoms with van der Waals surface area (Å²) in [6.07, 6.45) is 0.987. The van der Waals surface area contributed by atoms with Crippen LogP contribution in [0.2, 0.25) is 0 Å². The maximum Gasteiger partial charge on any atom is 0.126 e. The van der Waals surface area contributed by atoms with Gasteiger partial charge >= 0.3 is 0 Å². The van der Waals surface area contributed by atoms with E-state index in [1.54, 1.807) is 13.0 Å². The highest BCUT2D eigenvalue weighted by Gasteiger charge is 1.99. The molecule has 0 aromatic heterocycles. The van der Waals surface area contributed by atoms with E-state index in [0.29, 0.717) is 18.0 Å². The van der Waals surface area contributed by atoms with Gasteiger partial charge in [0.2, 0.25) is 0 Å². The van der Waals surface area contributed by atoms with Crippen LogP contribution < -0.4 is 5.32 Å². The molecule has 1 aromatic rings. The standard InChI is InChI=1S/C15H24FNO/c1-12(2)11-18-8-4-7-17-10-14-6-5-13(3)15(16)9-14/h5-6,9,12,17H,4,7-8,10-11H2,1-3H3. The monoisotopic (exact) mass is 253 g/mol. The molecule has 0 saturated carbocycles. The molecule has 18 heavy (non-hydrogen) atoms. The van der Waals surface area contributed by atoms with Gasteiger partial charge in [0.25, 0.3) is 0 Å². The summed E-state index contributed by atoms with van der Waals surface area (Å²) in [7, 11) is 0. The third-order valence-corrected chi connectivity index (χ3v) is 2.66. The molecule has 0 aliphatic rings. The molecular formula is C15H24FNO. The largest absolute Gasteiger partial charge is 0.381 e. The van der Waals surface area contributed by atoms with Crippen LogP contribution in [0.25, 0.3) is 0 Å². The van der Waals surface area contributed by atoms with Crippen LogP contribution in [0.15, 0.2) is 18.2 Å². The SMILES string of the molecule is Cc1ccc(CNCCCOCC(C)C)cc1F. The topological polar surface area (TPSA) is 21.3 Å². The predicted octanol–water partition coefficient (Wildman–Crippen LogP) is 3.29. The smallest absolute Gasteiger partial charge is 0.126 e. The molecule has 0 bridgehead atoms. The Morgan fingerprint density at radius 3 is 2.78 bits per heavy atom. The highest BCUT2D eigenvalue weighted by atomic mass is 19.1. The fourth-order valence-electron chi connectivity index (χ4n) is 1.60. The van der Waals surface area contributed by atoms with Crippen LogP contribution in [0.4, 0.5) is 4.39 Å². The van der Waals surface area contributed by atoms with Gasteiger partial charge in [-0.05, 0) is 43.0 Å². The first-order valence-electron chi connectivity index (χ1n) is 6.63. The van der Waals surface area contributed by atoms with Gasteiger partial charge in [-0.15, -0.1) is 0 Å². The van der Waals surface area contributed by atoms with Crippen molar-refractivity contribution in [3.63, 3.8) is 0 Å². The highest BCUT2D eigenvalue weighted by Crippen LogP contribution is 2.08. The van der Waals surface area contributed by atoms with Gasteiger partial charge in [0.15, 0.2) is 0 Å². The lowest BCUT2D eigenvalue weighted by molar-refractivity contribution is 0.108. The zero-order valence-electron chi connectivity index (χ0n) is 11.6. The minimum Gasteiger partial charge on any atom is -0.381 e. The van der Waals surface area contributed by atoms with Crippen molar-refractivity contribution in [1.29, 1.82) is 0 Å². The Morgan fingerprint density at radius 2 is 2.11 bits per heavy atom. The average Bonchev–Trinajstić information content (AvgIpc) is 2.32. The second-order valence-electron chi connectivity index (χ2n) is 5.08. The summed E-state index contributed by atoms with van der Waals surface area (Å²) in [5, 5.41) is 3.29. The molecule has 0 fully saturated rings. The summed E-state index contributed by atoms with van der Waals surface area (Å²) in [6.45, 7) is 9.28. The van der Waals surface area contributed by atoms with Gasteiger partial charge in [-0.3, -0.25) is 0 Å². The van der Waals surface area contributed by atoms with Crippen LogP contribution >= 0.6 is 0 Å². The maximum absolute atomic E-state index is 13.3. The number of aryl methyl sites for hydroxylation is 1. The van der Waals surface area contributed by atoms with Crippen LogP contribution in [0.5, 0.6) is 0 Å². The van der Waals surface area contributed by atoms with Gasteiger partial charge in [-0.25, -0.2) is 4.39 Å². The van der Waals surface area contributed by atoms with Crippen molar-refractivity contribution >= 4 is 0 Å². The Morgan fingerprint density at radius 1 is 1.33 bits per heavy atom. The number of halogens is 1. The first-order valence-corrected chi connectivity index (χ1v) is 6.63. The van der Waals surface area contributed by atoms with Gasteiger partial charge in [-0.2, -0.15) is 0 Å².